The standard InChI is InChI=1S/C20H17NO5/c1-4-11-6-18-19(26-10-25-18)8-13(11)15-5-12-7-16(23-2)17(24-3)9-14(12)20(22)21-15/h4-9H,1,10H2,2-3H3,(H,21,22). The molecule has 0 bridgehead atoms. The molecule has 0 unspecified atom stereocenters. The van der Waals surface area contributed by atoms with Gasteiger partial charge < -0.3 is 23.9 Å². The smallest absolute Gasteiger partial charge is 0.256 e. The second-order valence-electron chi connectivity index (χ2n) is 5.80. The fourth-order valence-corrected chi connectivity index (χ4v) is 3.10. The third kappa shape index (κ3) is 2.47. The molecule has 0 saturated carbocycles. The van der Waals surface area contributed by atoms with Crippen molar-refractivity contribution in [1.82, 2.24) is 4.98 Å². The van der Waals surface area contributed by atoms with Crippen molar-refractivity contribution in [1.29, 1.82) is 0 Å². The maximum Gasteiger partial charge on any atom is 0.256 e. The van der Waals surface area contributed by atoms with Crippen molar-refractivity contribution in [2.24, 2.45) is 0 Å². The first-order chi connectivity index (χ1) is 12.6. The number of aromatic nitrogens is 1. The first-order valence-corrected chi connectivity index (χ1v) is 8.00. The lowest BCUT2D eigenvalue weighted by Gasteiger charge is -2.12. The number of rotatable bonds is 4. The van der Waals surface area contributed by atoms with E-state index in [0.29, 0.717) is 34.1 Å². The summed E-state index contributed by atoms with van der Waals surface area (Å²) >= 11 is 0. The molecule has 0 atom stereocenters. The molecule has 6 nitrogen and oxygen atoms in total. The van der Waals surface area contributed by atoms with Crippen LogP contribution in [-0.2, 0) is 0 Å². The minimum Gasteiger partial charge on any atom is -0.493 e. The van der Waals surface area contributed by atoms with E-state index in [1.165, 1.54) is 7.11 Å². The Hall–Kier alpha value is -3.41. The normalized spacial score (nSPS) is 12.2. The molecule has 0 fully saturated rings. The first-order valence-electron chi connectivity index (χ1n) is 8.00. The SMILES string of the molecule is C=Cc1cc2c(cc1-c1cc3cc(OC)c(OC)cc3c(=O)[nH]1)OCO2. The predicted molar refractivity (Wildman–Crippen MR) is 99.3 cm³/mol. The van der Waals surface area contributed by atoms with Crippen LogP contribution in [0.5, 0.6) is 23.0 Å². The lowest BCUT2D eigenvalue weighted by molar-refractivity contribution is 0.174. The van der Waals surface area contributed by atoms with Gasteiger partial charge in [-0.15, -0.1) is 0 Å². The highest BCUT2D eigenvalue weighted by atomic mass is 16.7. The molecule has 4 rings (SSSR count). The van der Waals surface area contributed by atoms with E-state index in [1.54, 1.807) is 25.3 Å². The molecule has 1 aromatic heterocycles. The van der Waals surface area contributed by atoms with E-state index < -0.39 is 0 Å². The zero-order valence-electron chi connectivity index (χ0n) is 14.4. The molecule has 2 aromatic carbocycles. The van der Waals surface area contributed by atoms with Crippen molar-refractivity contribution >= 4 is 16.8 Å². The highest BCUT2D eigenvalue weighted by molar-refractivity contribution is 5.89. The lowest BCUT2D eigenvalue weighted by Crippen LogP contribution is -2.08. The second-order valence-corrected chi connectivity index (χ2v) is 5.80. The summed E-state index contributed by atoms with van der Waals surface area (Å²) in [5, 5.41) is 1.27. The van der Waals surface area contributed by atoms with Gasteiger partial charge in [0.15, 0.2) is 23.0 Å². The predicted octanol–water partition coefficient (Wildman–Crippen LogP) is 3.58. The molecule has 0 radical (unpaired) electrons. The summed E-state index contributed by atoms with van der Waals surface area (Å²) in [6.07, 6.45) is 1.72. The number of ether oxygens (including phenoxy) is 4. The summed E-state index contributed by atoms with van der Waals surface area (Å²) in [7, 11) is 3.10. The van der Waals surface area contributed by atoms with E-state index in [4.69, 9.17) is 18.9 Å². The molecule has 132 valence electrons. The quantitative estimate of drug-likeness (QED) is 0.778. The number of fused-ring (bicyclic) bond motifs is 2. The fourth-order valence-electron chi connectivity index (χ4n) is 3.10. The summed E-state index contributed by atoms with van der Waals surface area (Å²) in [6.45, 7) is 4.03. The van der Waals surface area contributed by atoms with Gasteiger partial charge in [-0.1, -0.05) is 12.7 Å². The summed E-state index contributed by atoms with van der Waals surface area (Å²) in [4.78, 5) is 15.6. The Labute approximate surface area is 149 Å². The van der Waals surface area contributed by atoms with Gasteiger partial charge in [0, 0.05) is 11.3 Å². The topological polar surface area (TPSA) is 69.8 Å². The van der Waals surface area contributed by atoms with Gasteiger partial charge in [-0.2, -0.15) is 0 Å². The van der Waals surface area contributed by atoms with Gasteiger partial charge in [-0.25, -0.2) is 0 Å². The van der Waals surface area contributed by atoms with Crippen LogP contribution in [0.4, 0.5) is 0 Å². The zero-order valence-corrected chi connectivity index (χ0v) is 14.4. The van der Waals surface area contributed by atoms with E-state index in [0.717, 1.165) is 16.5 Å². The van der Waals surface area contributed by atoms with E-state index in [-0.39, 0.29) is 12.4 Å². The Kier molecular flexibility index (Phi) is 3.80. The Morgan fingerprint density at radius 2 is 1.73 bits per heavy atom. The monoisotopic (exact) mass is 351 g/mol. The average molecular weight is 351 g/mol. The van der Waals surface area contributed by atoms with E-state index in [2.05, 4.69) is 11.6 Å². The summed E-state index contributed by atoms with van der Waals surface area (Å²) in [5.41, 5.74) is 2.08. The van der Waals surface area contributed by atoms with Crippen LogP contribution in [0.2, 0.25) is 0 Å². The lowest BCUT2D eigenvalue weighted by atomic mass is 10.0. The zero-order chi connectivity index (χ0) is 18.3. The van der Waals surface area contributed by atoms with E-state index in [1.807, 2.05) is 18.2 Å². The number of aromatic amines is 1. The van der Waals surface area contributed by atoms with Crippen LogP contribution in [0, 0.1) is 0 Å². The second kappa shape index (κ2) is 6.15. The third-order valence-electron chi connectivity index (χ3n) is 4.40. The number of hydrogen-bond acceptors (Lipinski definition) is 5. The number of benzene rings is 2. The highest BCUT2D eigenvalue weighted by Crippen LogP contribution is 2.39. The van der Waals surface area contributed by atoms with Crippen LogP contribution >= 0.6 is 0 Å². The average Bonchev–Trinajstić information content (AvgIpc) is 3.13. The van der Waals surface area contributed by atoms with Crippen molar-refractivity contribution in [2.45, 2.75) is 0 Å². The van der Waals surface area contributed by atoms with Crippen LogP contribution in [0.15, 0.2) is 41.7 Å². The molecule has 26 heavy (non-hydrogen) atoms. The van der Waals surface area contributed by atoms with Crippen LogP contribution < -0.4 is 24.5 Å². The van der Waals surface area contributed by atoms with Crippen molar-refractivity contribution in [3.63, 3.8) is 0 Å². The highest BCUT2D eigenvalue weighted by Gasteiger charge is 2.18. The van der Waals surface area contributed by atoms with Gasteiger partial charge in [0.25, 0.3) is 5.56 Å². The molecule has 3 aromatic rings. The van der Waals surface area contributed by atoms with Gasteiger partial charge in [-0.3, -0.25) is 4.79 Å². The summed E-state index contributed by atoms with van der Waals surface area (Å²) in [6, 6.07) is 9.04. The minimum absolute atomic E-state index is 0.181. The van der Waals surface area contributed by atoms with Gasteiger partial charge in [0.05, 0.1) is 19.6 Å². The Bertz CT molecular complexity index is 1080. The van der Waals surface area contributed by atoms with Gasteiger partial charge in [-0.05, 0) is 41.3 Å². The van der Waals surface area contributed by atoms with Crippen molar-refractivity contribution in [3.05, 3.63) is 52.8 Å². The van der Waals surface area contributed by atoms with Crippen LogP contribution in [0.1, 0.15) is 5.56 Å². The van der Waals surface area contributed by atoms with Crippen molar-refractivity contribution in [3.8, 4) is 34.3 Å². The van der Waals surface area contributed by atoms with Crippen molar-refractivity contribution in [2.75, 3.05) is 21.0 Å². The Balaban J connectivity index is 1.96. The van der Waals surface area contributed by atoms with Gasteiger partial charge in [0.2, 0.25) is 6.79 Å². The molecule has 1 N–H and O–H groups in total. The number of hydrogen-bond donors (Lipinski definition) is 1. The fraction of sp³-hybridized carbons (Fsp3) is 0.150. The largest absolute Gasteiger partial charge is 0.493 e. The Morgan fingerprint density at radius 1 is 1.04 bits per heavy atom. The van der Waals surface area contributed by atoms with Crippen LogP contribution in [0.3, 0.4) is 0 Å². The summed E-state index contributed by atoms with van der Waals surface area (Å²) in [5.74, 6) is 2.37. The Morgan fingerprint density at radius 3 is 2.42 bits per heavy atom. The molecular formula is C20H17NO5. The molecule has 0 amide bonds. The molecule has 0 saturated heterocycles. The molecule has 0 aliphatic carbocycles. The molecule has 6 heteroatoms. The summed E-state index contributed by atoms with van der Waals surface area (Å²) < 4.78 is 21.5. The van der Waals surface area contributed by atoms with Crippen molar-refractivity contribution < 1.29 is 18.9 Å². The minimum atomic E-state index is -0.217. The maximum absolute atomic E-state index is 12.6. The van der Waals surface area contributed by atoms with E-state index >= 15 is 0 Å². The molecule has 1 aliphatic heterocycles. The number of methoxy groups -OCH3 is 2. The van der Waals surface area contributed by atoms with Crippen LogP contribution in [0.25, 0.3) is 28.1 Å². The first kappa shape index (κ1) is 16.1. The number of nitrogens with one attached hydrogen (secondary N) is 1. The van der Waals surface area contributed by atoms with Crippen LogP contribution in [-0.4, -0.2) is 26.0 Å². The van der Waals surface area contributed by atoms with Gasteiger partial charge in [0.1, 0.15) is 0 Å². The molecule has 1 aliphatic rings. The third-order valence-corrected chi connectivity index (χ3v) is 4.40. The van der Waals surface area contributed by atoms with E-state index in [9.17, 15) is 4.79 Å². The van der Waals surface area contributed by atoms with Gasteiger partial charge >= 0.3 is 0 Å². The molecule has 2 heterocycles. The molecular weight excluding hydrogens is 334 g/mol. The number of H-pyrrole nitrogens is 1. The maximum atomic E-state index is 12.6. The number of pyridine rings is 1. The molecule has 0 spiro atoms.